The third-order valence-electron chi connectivity index (χ3n) is 6.67. The van der Waals surface area contributed by atoms with Crippen LogP contribution in [0.2, 0.25) is 10.0 Å². The largest absolute Gasteiger partial charge is 0.352 e. The number of nitrogens with zero attached hydrogens (tertiary/aromatic N) is 2. The molecule has 3 rings (SSSR count). The normalized spacial score (nSPS) is 12.8. The van der Waals surface area contributed by atoms with Gasteiger partial charge in [0.1, 0.15) is 12.6 Å². The van der Waals surface area contributed by atoms with E-state index < -0.39 is 28.5 Å². The van der Waals surface area contributed by atoms with Crippen molar-refractivity contribution in [2.75, 3.05) is 10.8 Å². The summed E-state index contributed by atoms with van der Waals surface area (Å²) in [4.78, 5) is 28.8. The van der Waals surface area contributed by atoms with E-state index in [2.05, 4.69) is 5.32 Å². The van der Waals surface area contributed by atoms with Crippen LogP contribution in [0.1, 0.15) is 44.7 Å². The molecular weight excluding hydrogens is 569 g/mol. The van der Waals surface area contributed by atoms with E-state index in [1.54, 1.807) is 54.6 Å². The van der Waals surface area contributed by atoms with E-state index in [-0.39, 0.29) is 29.1 Å². The molecule has 0 aromatic heterocycles. The Bertz CT molecular complexity index is 1430. The molecule has 7 nitrogen and oxygen atoms in total. The molecule has 0 aliphatic carbocycles. The average Bonchev–Trinajstić information content (AvgIpc) is 2.92. The Morgan fingerprint density at radius 2 is 1.60 bits per heavy atom. The zero-order valence-corrected chi connectivity index (χ0v) is 25.4. The number of rotatable bonds is 12. The first kappa shape index (κ1) is 31.5. The summed E-state index contributed by atoms with van der Waals surface area (Å²) in [7, 11) is -4.17. The fourth-order valence-electron chi connectivity index (χ4n) is 4.17. The molecule has 0 saturated heterocycles. The van der Waals surface area contributed by atoms with Crippen LogP contribution in [-0.2, 0) is 26.2 Å². The van der Waals surface area contributed by atoms with Gasteiger partial charge in [-0.15, -0.1) is 0 Å². The highest BCUT2D eigenvalue weighted by molar-refractivity contribution is 7.92. The summed E-state index contributed by atoms with van der Waals surface area (Å²) >= 11 is 12.7. The topological polar surface area (TPSA) is 86.8 Å². The summed E-state index contributed by atoms with van der Waals surface area (Å²) in [5, 5.41) is 3.72. The van der Waals surface area contributed by atoms with Gasteiger partial charge in [-0.05, 0) is 68.7 Å². The Morgan fingerprint density at radius 3 is 2.20 bits per heavy atom. The van der Waals surface area contributed by atoms with E-state index in [1.165, 1.54) is 23.1 Å². The Balaban J connectivity index is 2.07. The lowest BCUT2D eigenvalue weighted by molar-refractivity contribution is -0.140. The quantitative estimate of drug-likeness (QED) is 0.266. The van der Waals surface area contributed by atoms with Gasteiger partial charge in [0, 0.05) is 22.6 Å². The van der Waals surface area contributed by atoms with Crippen molar-refractivity contribution in [1.29, 1.82) is 0 Å². The molecule has 214 valence electrons. The fraction of sp³-hybridized carbons (Fsp3) is 0.333. The summed E-state index contributed by atoms with van der Waals surface area (Å²) in [5.74, 6) is -0.866. The number of nitrogens with one attached hydrogen (secondary N) is 1. The van der Waals surface area contributed by atoms with E-state index in [0.717, 1.165) is 16.3 Å². The standard InChI is InChI=1S/C30H35Cl2N3O4S/c1-5-22(4)33-30(37)28(6-2)34(19-23-10-7-8-13-27(23)32)29(36)20-35(25-12-9-11-24(31)18-25)40(38,39)26-16-14-21(3)15-17-26/h7-18,22,28H,5-6,19-20H2,1-4H3,(H,33,37)/t22-,28-/m0/s1. The number of halogens is 2. The number of carbonyl (C=O) groups is 2. The number of anilines is 1. The molecule has 0 heterocycles. The Kier molecular flexibility index (Phi) is 11.0. The molecule has 0 unspecified atom stereocenters. The second-order valence-electron chi connectivity index (χ2n) is 9.66. The molecule has 0 fully saturated rings. The van der Waals surface area contributed by atoms with Gasteiger partial charge in [-0.2, -0.15) is 0 Å². The molecule has 2 amide bonds. The van der Waals surface area contributed by atoms with Crippen molar-refractivity contribution >= 4 is 50.7 Å². The maximum absolute atomic E-state index is 14.1. The van der Waals surface area contributed by atoms with Crippen molar-refractivity contribution in [3.05, 3.63) is 94.0 Å². The van der Waals surface area contributed by atoms with Crippen LogP contribution >= 0.6 is 23.2 Å². The molecule has 0 aliphatic heterocycles. The summed E-state index contributed by atoms with van der Waals surface area (Å²) in [5.41, 5.74) is 1.77. The number of sulfonamides is 1. The van der Waals surface area contributed by atoms with Crippen LogP contribution < -0.4 is 9.62 Å². The smallest absolute Gasteiger partial charge is 0.264 e. The molecule has 1 N–H and O–H groups in total. The van der Waals surface area contributed by atoms with E-state index in [4.69, 9.17) is 23.2 Å². The summed E-state index contributed by atoms with van der Waals surface area (Å²) in [6, 6.07) is 18.8. The van der Waals surface area contributed by atoms with Crippen molar-refractivity contribution in [2.24, 2.45) is 0 Å². The lowest BCUT2D eigenvalue weighted by Crippen LogP contribution is -2.53. The lowest BCUT2D eigenvalue weighted by atomic mass is 10.1. The van der Waals surface area contributed by atoms with Crippen molar-refractivity contribution in [2.45, 2.75) is 64.1 Å². The number of benzene rings is 3. The highest BCUT2D eigenvalue weighted by Crippen LogP contribution is 2.28. The molecule has 40 heavy (non-hydrogen) atoms. The lowest BCUT2D eigenvalue weighted by Gasteiger charge is -2.34. The van der Waals surface area contributed by atoms with Crippen LogP contribution in [0.5, 0.6) is 0 Å². The molecule has 0 saturated carbocycles. The first-order valence-electron chi connectivity index (χ1n) is 13.2. The van der Waals surface area contributed by atoms with Gasteiger partial charge in [-0.3, -0.25) is 13.9 Å². The Morgan fingerprint density at radius 1 is 0.925 bits per heavy atom. The van der Waals surface area contributed by atoms with Crippen LogP contribution in [0, 0.1) is 6.92 Å². The Hall–Kier alpha value is -3.07. The second-order valence-corrected chi connectivity index (χ2v) is 12.4. The fourth-order valence-corrected chi connectivity index (χ4v) is 5.95. The number of carbonyl (C=O) groups excluding carboxylic acids is 2. The van der Waals surface area contributed by atoms with E-state index in [1.807, 2.05) is 27.7 Å². The molecule has 0 bridgehead atoms. The van der Waals surface area contributed by atoms with Crippen molar-refractivity contribution < 1.29 is 18.0 Å². The molecule has 0 aliphatic rings. The molecule has 3 aromatic carbocycles. The van der Waals surface area contributed by atoms with Gasteiger partial charge in [-0.1, -0.05) is 79.0 Å². The minimum absolute atomic E-state index is 0.0267. The summed E-state index contributed by atoms with van der Waals surface area (Å²) in [6.45, 7) is 6.99. The van der Waals surface area contributed by atoms with Crippen molar-refractivity contribution in [3.63, 3.8) is 0 Å². The average molecular weight is 605 g/mol. The molecule has 3 aromatic rings. The minimum Gasteiger partial charge on any atom is -0.352 e. The number of amides is 2. The third-order valence-corrected chi connectivity index (χ3v) is 9.06. The SMILES string of the molecule is CC[C@H](C)NC(=O)[C@H](CC)N(Cc1ccccc1Cl)C(=O)CN(c1cccc(Cl)c1)S(=O)(=O)c1ccc(C)cc1. The maximum atomic E-state index is 14.1. The van der Waals surface area contributed by atoms with Crippen LogP contribution in [0.15, 0.2) is 77.7 Å². The zero-order valence-electron chi connectivity index (χ0n) is 23.1. The first-order chi connectivity index (χ1) is 19.0. The summed E-state index contributed by atoms with van der Waals surface area (Å²) < 4.78 is 28.8. The molecule has 0 spiro atoms. The molecular formula is C30H35Cl2N3O4S. The van der Waals surface area contributed by atoms with Gasteiger partial charge >= 0.3 is 0 Å². The van der Waals surface area contributed by atoms with Gasteiger partial charge < -0.3 is 10.2 Å². The predicted molar refractivity (Wildman–Crippen MR) is 161 cm³/mol. The zero-order chi connectivity index (χ0) is 29.4. The Labute approximate surface area is 247 Å². The summed E-state index contributed by atoms with van der Waals surface area (Å²) in [6.07, 6.45) is 1.04. The van der Waals surface area contributed by atoms with Gasteiger partial charge in [0.25, 0.3) is 10.0 Å². The predicted octanol–water partition coefficient (Wildman–Crippen LogP) is 6.22. The van der Waals surface area contributed by atoms with Crippen LogP contribution in [-0.4, -0.2) is 43.8 Å². The number of aryl methyl sites for hydroxylation is 1. The van der Waals surface area contributed by atoms with Crippen LogP contribution in [0.3, 0.4) is 0 Å². The number of hydrogen-bond acceptors (Lipinski definition) is 4. The van der Waals surface area contributed by atoms with E-state index in [9.17, 15) is 18.0 Å². The van der Waals surface area contributed by atoms with E-state index >= 15 is 0 Å². The molecule has 10 heteroatoms. The highest BCUT2D eigenvalue weighted by Gasteiger charge is 2.34. The monoisotopic (exact) mass is 603 g/mol. The van der Waals surface area contributed by atoms with Crippen LogP contribution in [0.4, 0.5) is 5.69 Å². The minimum atomic E-state index is -4.17. The van der Waals surface area contributed by atoms with Gasteiger partial charge in [0.15, 0.2) is 0 Å². The molecule has 2 atom stereocenters. The van der Waals surface area contributed by atoms with Gasteiger partial charge in [0.05, 0.1) is 10.6 Å². The third kappa shape index (κ3) is 7.77. The van der Waals surface area contributed by atoms with Crippen molar-refractivity contribution in [3.8, 4) is 0 Å². The van der Waals surface area contributed by atoms with Crippen molar-refractivity contribution in [1.82, 2.24) is 10.2 Å². The van der Waals surface area contributed by atoms with Gasteiger partial charge in [-0.25, -0.2) is 8.42 Å². The first-order valence-corrected chi connectivity index (χ1v) is 15.4. The highest BCUT2D eigenvalue weighted by atomic mass is 35.5. The van der Waals surface area contributed by atoms with Gasteiger partial charge in [0.2, 0.25) is 11.8 Å². The van der Waals surface area contributed by atoms with Crippen LogP contribution in [0.25, 0.3) is 0 Å². The maximum Gasteiger partial charge on any atom is 0.264 e. The second kappa shape index (κ2) is 14.0. The van der Waals surface area contributed by atoms with E-state index in [0.29, 0.717) is 22.0 Å². The number of hydrogen-bond donors (Lipinski definition) is 1. The molecule has 0 radical (unpaired) electrons.